The Labute approximate surface area is 610 Å². The minimum absolute atomic E-state index is 0.0810. The highest BCUT2D eigenvalue weighted by Crippen LogP contribution is 2.45. The molecule has 0 heterocycles. The Kier molecular flexibility index (Phi) is 71.6. The highest BCUT2D eigenvalue weighted by molar-refractivity contribution is 7.47. The summed E-state index contributed by atoms with van der Waals surface area (Å²) >= 11 is 0. The third kappa shape index (κ3) is 73.1. The normalized spacial score (nSPS) is 14.2. The monoisotopic (exact) mass is 1460 g/mol. The van der Waals surface area contributed by atoms with Gasteiger partial charge >= 0.3 is 39.5 Å². The van der Waals surface area contributed by atoms with E-state index >= 15 is 0 Å². The number of carbonyl (C=O) groups is 4. The lowest BCUT2D eigenvalue weighted by atomic mass is 10.0. The number of unbranched alkanes of at least 4 members (excludes halogenated alkanes) is 41. The fourth-order valence-corrected chi connectivity index (χ4v) is 12.8. The summed E-state index contributed by atoms with van der Waals surface area (Å²) in [5.74, 6) is -2.18. The van der Waals surface area contributed by atoms with E-state index in [-0.39, 0.29) is 25.7 Å². The molecule has 0 aromatic carbocycles. The molecule has 3 N–H and O–H groups in total. The molecule has 2 unspecified atom stereocenters. The molecule has 19 heteroatoms. The van der Waals surface area contributed by atoms with Crippen molar-refractivity contribution in [1.82, 2.24) is 0 Å². The van der Waals surface area contributed by atoms with Crippen molar-refractivity contribution in [3.8, 4) is 0 Å². The van der Waals surface area contributed by atoms with E-state index in [9.17, 15) is 43.2 Å². The van der Waals surface area contributed by atoms with Crippen LogP contribution in [0.25, 0.3) is 0 Å². The first-order chi connectivity index (χ1) is 48.7. The van der Waals surface area contributed by atoms with Crippen molar-refractivity contribution in [2.24, 2.45) is 0 Å². The highest BCUT2D eigenvalue weighted by atomic mass is 31.2. The van der Waals surface area contributed by atoms with Crippen LogP contribution in [0.4, 0.5) is 0 Å². The molecule has 0 aliphatic heterocycles. The summed E-state index contributed by atoms with van der Waals surface area (Å²) in [6, 6.07) is 0. The Morgan fingerprint density at radius 1 is 0.280 bits per heavy atom. The van der Waals surface area contributed by atoms with E-state index in [4.69, 9.17) is 37.0 Å². The predicted octanol–water partition coefficient (Wildman–Crippen LogP) is 23.5. The number of ether oxygens (including phenoxy) is 4. The van der Waals surface area contributed by atoms with E-state index in [0.29, 0.717) is 25.7 Å². The molecule has 0 aliphatic carbocycles. The Morgan fingerprint density at radius 2 is 0.490 bits per heavy atom. The smallest absolute Gasteiger partial charge is 0.462 e. The summed E-state index contributed by atoms with van der Waals surface area (Å²) in [5.41, 5.74) is 0. The second-order valence-electron chi connectivity index (χ2n) is 27.4. The Bertz CT molecular complexity index is 2130. The number of allylic oxidation sites excluding steroid dienone is 10. The molecular weight excluding hydrogens is 1310 g/mol. The quantitative estimate of drug-likeness (QED) is 0.0169. The molecule has 0 fully saturated rings. The lowest BCUT2D eigenvalue weighted by Gasteiger charge is -2.21. The minimum atomic E-state index is -4.98. The van der Waals surface area contributed by atoms with E-state index in [2.05, 4.69) is 88.5 Å². The molecule has 584 valence electrons. The van der Waals surface area contributed by atoms with Crippen molar-refractivity contribution in [1.29, 1.82) is 0 Å². The van der Waals surface area contributed by atoms with Gasteiger partial charge in [0, 0.05) is 25.7 Å². The highest BCUT2D eigenvalue weighted by Gasteiger charge is 2.30. The summed E-state index contributed by atoms with van der Waals surface area (Å²) < 4.78 is 68.6. The predicted molar refractivity (Wildman–Crippen MR) is 409 cm³/mol. The van der Waals surface area contributed by atoms with Crippen LogP contribution in [0.5, 0.6) is 0 Å². The van der Waals surface area contributed by atoms with Gasteiger partial charge in [-0.1, -0.05) is 294 Å². The maximum Gasteiger partial charge on any atom is 0.472 e. The van der Waals surface area contributed by atoms with Crippen molar-refractivity contribution in [2.45, 2.75) is 393 Å². The van der Waals surface area contributed by atoms with Gasteiger partial charge in [-0.25, -0.2) is 9.13 Å². The van der Waals surface area contributed by atoms with Crippen molar-refractivity contribution in [2.75, 3.05) is 39.6 Å². The van der Waals surface area contributed by atoms with Gasteiger partial charge in [0.1, 0.15) is 19.3 Å². The summed E-state index contributed by atoms with van der Waals surface area (Å²) in [6.07, 6.45) is 73.3. The van der Waals surface area contributed by atoms with Crippen LogP contribution >= 0.6 is 15.6 Å². The molecule has 0 bridgehead atoms. The van der Waals surface area contributed by atoms with Gasteiger partial charge in [0.2, 0.25) is 0 Å². The first kappa shape index (κ1) is 96.8. The lowest BCUT2D eigenvalue weighted by Crippen LogP contribution is -2.30. The summed E-state index contributed by atoms with van der Waals surface area (Å²) in [4.78, 5) is 73.0. The number of carbonyl (C=O) groups excluding carboxylic acids is 4. The number of aliphatic hydroxyl groups excluding tert-OH is 1. The second-order valence-corrected chi connectivity index (χ2v) is 30.3. The second kappa shape index (κ2) is 74.0. The molecule has 100 heavy (non-hydrogen) atoms. The Morgan fingerprint density at radius 3 is 0.770 bits per heavy atom. The molecule has 0 aliphatic rings. The lowest BCUT2D eigenvalue weighted by molar-refractivity contribution is -0.161. The van der Waals surface area contributed by atoms with Gasteiger partial charge in [0.25, 0.3) is 0 Å². The number of phosphoric ester groups is 2. The molecule has 17 nitrogen and oxygen atoms in total. The van der Waals surface area contributed by atoms with Gasteiger partial charge < -0.3 is 33.8 Å². The van der Waals surface area contributed by atoms with E-state index in [0.717, 1.165) is 148 Å². The Balaban J connectivity index is 5.35. The molecule has 0 aromatic heterocycles. The summed E-state index contributed by atoms with van der Waals surface area (Å²) in [7, 11) is -9.95. The summed E-state index contributed by atoms with van der Waals surface area (Å²) in [5, 5.41) is 10.6. The molecule has 0 rings (SSSR count). The van der Waals surface area contributed by atoms with E-state index in [1.165, 1.54) is 148 Å². The minimum Gasteiger partial charge on any atom is -0.462 e. The molecule has 5 atom stereocenters. The molecule has 0 radical (unpaired) electrons. The number of hydrogen-bond acceptors (Lipinski definition) is 15. The van der Waals surface area contributed by atoms with Crippen LogP contribution in [0.1, 0.15) is 374 Å². The number of rotatable bonds is 77. The van der Waals surface area contributed by atoms with Gasteiger partial charge in [-0.05, 0) is 116 Å². The van der Waals surface area contributed by atoms with E-state index in [1.807, 2.05) is 0 Å². The van der Waals surface area contributed by atoms with Crippen LogP contribution in [0.2, 0.25) is 0 Å². The van der Waals surface area contributed by atoms with Crippen LogP contribution in [0.15, 0.2) is 60.8 Å². The molecule has 0 amide bonds. The fourth-order valence-electron chi connectivity index (χ4n) is 11.2. The zero-order valence-corrected chi connectivity index (χ0v) is 65.7. The number of phosphoric acid groups is 2. The van der Waals surface area contributed by atoms with Crippen LogP contribution in [-0.2, 0) is 65.4 Å². The first-order valence-electron chi connectivity index (χ1n) is 40.5. The van der Waals surface area contributed by atoms with Crippen molar-refractivity contribution < 1.29 is 80.2 Å². The number of hydrogen-bond donors (Lipinski definition) is 3. The third-order valence-corrected chi connectivity index (χ3v) is 19.4. The number of esters is 4. The summed E-state index contributed by atoms with van der Waals surface area (Å²) in [6.45, 7) is 4.85. The van der Waals surface area contributed by atoms with Crippen molar-refractivity contribution >= 4 is 39.5 Å². The maximum atomic E-state index is 13.1. The standard InChI is InChI=1S/C81H148O17P2/c1-5-9-13-17-21-25-29-33-37-41-45-49-53-57-61-65-78(83)91-71-76(97-80(85)67-63-59-55-51-47-43-39-35-31-27-23-19-15-11-7-3)73-95-99(87,88)93-69-75(82)70-94-100(89,90)96-74-77(98-81(86)68-64-60-56-52-48-44-40-36-32-28-24-20-16-12-8-4)72-92-79(84)66-62-58-54-50-46-42-38-34-30-26-22-18-14-10-6-2/h23-24,27-28,33,35-37,39-40,75-77,82H,5-22,25-26,29-32,34,38,41-74H2,1-4H3,(H,87,88)(H,89,90)/b27-23-,28-24-,37-33-,39-35-,40-36-/t75-,76-,77-/m1/s1. The van der Waals surface area contributed by atoms with Crippen LogP contribution in [-0.4, -0.2) is 96.7 Å². The largest absolute Gasteiger partial charge is 0.472 e. The van der Waals surface area contributed by atoms with Crippen molar-refractivity contribution in [3.05, 3.63) is 60.8 Å². The third-order valence-electron chi connectivity index (χ3n) is 17.5. The van der Waals surface area contributed by atoms with Crippen LogP contribution in [0.3, 0.4) is 0 Å². The van der Waals surface area contributed by atoms with E-state index in [1.54, 1.807) is 0 Å². The topological polar surface area (TPSA) is 237 Å². The first-order valence-corrected chi connectivity index (χ1v) is 43.5. The van der Waals surface area contributed by atoms with Gasteiger partial charge in [0.15, 0.2) is 12.2 Å². The van der Waals surface area contributed by atoms with Gasteiger partial charge in [-0.15, -0.1) is 0 Å². The molecule has 0 saturated carbocycles. The zero-order chi connectivity index (χ0) is 73.2. The maximum absolute atomic E-state index is 13.1. The molecular formula is C81H148O17P2. The number of aliphatic hydroxyl groups is 1. The van der Waals surface area contributed by atoms with Crippen molar-refractivity contribution in [3.63, 3.8) is 0 Å². The molecule has 0 aromatic rings. The molecule has 0 spiro atoms. The van der Waals surface area contributed by atoms with Gasteiger partial charge in [-0.3, -0.25) is 37.3 Å². The van der Waals surface area contributed by atoms with E-state index < -0.39 is 97.5 Å². The van der Waals surface area contributed by atoms with Crippen LogP contribution in [0, 0.1) is 0 Å². The average Bonchev–Trinajstić information content (AvgIpc) is 1.25. The van der Waals surface area contributed by atoms with Gasteiger partial charge in [0.05, 0.1) is 26.4 Å². The fraction of sp³-hybridized carbons (Fsp3) is 0.827. The SMILES string of the molecule is CCCCC/C=C\C/C=C\CCCCCCCC(=O)O[C@H](COC(=O)CCCCCCC/C=C\CCCCCCCC)COP(=O)(O)OC[C@@H](O)COP(=O)(O)OC[C@@H](COC(=O)CCCCCCCCCCCCCCCCC)OC(=O)CCCCCCC/C=C\C/C=C\CCCCC. The molecule has 0 saturated heterocycles. The van der Waals surface area contributed by atoms with Crippen LogP contribution < -0.4 is 0 Å². The van der Waals surface area contributed by atoms with Gasteiger partial charge in [-0.2, -0.15) is 0 Å². The zero-order valence-electron chi connectivity index (χ0n) is 63.9. The average molecular weight is 1460 g/mol. The Hall–Kier alpha value is -3.24.